The lowest BCUT2D eigenvalue weighted by molar-refractivity contribution is -0.124. The average Bonchev–Trinajstić information content (AvgIpc) is 3.07. The van der Waals surface area contributed by atoms with Gasteiger partial charge in [0.1, 0.15) is 6.54 Å². The van der Waals surface area contributed by atoms with Gasteiger partial charge in [-0.25, -0.2) is 14.3 Å². The van der Waals surface area contributed by atoms with Gasteiger partial charge < -0.3 is 14.6 Å². The molecule has 0 atom stereocenters. The maximum Gasteiger partial charge on any atom is 0.332 e. The lowest BCUT2D eigenvalue weighted by Gasteiger charge is -2.35. The van der Waals surface area contributed by atoms with E-state index in [1.165, 1.54) is 17.9 Å². The Hall–Kier alpha value is -3.20. The number of carbonyl (C=O) groups excluding carboxylic acids is 1. The number of amides is 1. The topological polar surface area (TPSA) is 100 Å². The van der Waals surface area contributed by atoms with Gasteiger partial charge in [-0.15, -0.1) is 0 Å². The molecule has 1 N–H and O–H groups in total. The van der Waals surface area contributed by atoms with Gasteiger partial charge in [0.2, 0.25) is 5.91 Å². The summed E-state index contributed by atoms with van der Waals surface area (Å²) in [5.41, 5.74) is 0.625. The lowest BCUT2D eigenvalue weighted by Crippen LogP contribution is -2.50. The van der Waals surface area contributed by atoms with Crippen LogP contribution in [0.1, 0.15) is 18.4 Å². The van der Waals surface area contributed by atoms with Gasteiger partial charge in [0, 0.05) is 20.1 Å². The van der Waals surface area contributed by atoms with Gasteiger partial charge in [-0.1, -0.05) is 30.3 Å². The highest BCUT2D eigenvalue weighted by Crippen LogP contribution is 2.24. The molecule has 0 aliphatic heterocycles. The molecule has 0 saturated heterocycles. The molecule has 1 saturated carbocycles. The standard InChI is InChI=1S/C20H23N5O4/c1-23-12-21-18-17(23)19(27)25(20(28)24(18)2)10-16(26)22-14-8-15(9-14)29-11-13-6-4-3-5-7-13/h3-7,12,14-15H,8-11H2,1-2H3,(H,22,26). The third kappa shape index (κ3) is 3.73. The summed E-state index contributed by atoms with van der Waals surface area (Å²) in [4.78, 5) is 41.6. The third-order valence-electron chi connectivity index (χ3n) is 5.29. The molecule has 0 radical (unpaired) electrons. The largest absolute Gasteiger partial charge is 0.373 e. The van der Waals surface area contributed by atoms with Gasteiger partial charge in [-0.05, 0) is 18.4 Å². The maximum absolute atomic E-state index is 12.6. The zero-order chi connectivity index (χ0) is 20.5. The van der Waals surface area contributed by atoms with E-state index in [1.807, 2.05) is 30.3 Å². The Kier molecular flexibility index (Phi) is 5.06. The molecule has 29 heavy (non-hydrogen) atoms. The van der Waals surface area contributed by atoms with E-state index in [0.717, 1.165) is 10.1 Å². The Morgan fingerprint density at radius 2 is 1.93 bits per heavy atom. The molecule has 0 bridgehead atoms. The van der Waals surface area contributed by atoms with E-state index >= 15 is 0 Å². The first-order valence-electron chi connectivity index (χ1n) is 9.49. The van der Waals surface area contributed by atoms with Crippen LogP contribution in [0, 0.1) is 0 Å². The number of hydrogen-bond donors (Lipinski definition) is 1. The van der Waals surface area contributed by atoms with Crippen LogP contribution in [0.3, 0.4) is 0 Å². The quantitative estimate of drug-likeness (QED) is 0.645. The molecule has 2 aromatic heterocycles. The van der Waals surface area contributed by atoms with E-state index in [0.29, 0.717) is 25.1 Å². The number of rotatable bonds is 6. The zero-order valence-corrected chi connectivity index (χ0v) is 16.4. The first kappa shape index (κ1) is 19.1. The second kappa shape index (κ2) is 7.67. The molecule has 3 aromatic rings. The van der Waals surface area contributed by atoms with E-state index in [1.54, 1.807) is 11.6 Å². The molecule has 1 aromatic carbocycles. The lowest BCUT2D eigenvalue weighted by atomic mass is 9.89. The summed E-state index contributed by atoms with van der Waals surface area (Å²) >= 11 is 0. The maximum atomic E-state index is 12.6. The van der Waals surface area contributed by atoms with Crippen molar-refractivity contribution in [1.82, 2.24) is 24.0 Å². The molecular weight excluding hydrogens is 374 g/mol. The number of hydrogen-bond acceptors (Lipinski definition) is 5. The average molecular weight is 397 g/mol. The molecule has 1 aliphatic carbocycles. The fourth-order valence-corrected chi connectivity index (χ4v) is 3.56. The monoisotopic (exact) mass is 397 g/mol. The molecule has 0 spiro atoms. The Balaban J connectivity index is 1.35. The van der Waals surface area contributed by atoms with Crippen molar-refractivity contribution in [2.75, 3.05) is 0 Å². The number of benzene rings is 1. The number of nitrogens with one attached hydrogen (secondary N) is 1. The number of aromatic nitrogens is 4. The van der Waals surface area contributed by atoms with Gasteiger partial charge in [0.15, 0.2) is 11.2 Å². The molecule has 1 amide bonds. The van der Waals surface area contributed by atoms with Gasteiger partial charge in [0.25, 0.3) is 5.56 Å². The minimum Gasteiger partial charge on any atom is -0.373 e. The summed E-state index contributed by atoms with van der Waals surface area (Å²) in [7, 11) is 3.21. The Labute approximate surface area is 166 Å². The molecule has 2 heterocycles. The van der Waals surface area contributed by atoms with Crippen molar-refractivity contribution in [2.24, 2.45) is 14.1 Å². The van der Waals surface area contributed by atoms with Crippen LogP contribution in [0.4, 0.5) is 0 Å². The number of imidazole rings is 1. The van der Waals surface area contributed by atoms with E-state index in [4.69, 9.17) is 4.74 Å². The highest BCUT2D eigenvalue weighted by atomic mass is 16.5. The first-order chi connectivity index (χ1) is 13.9. The fourth-order valence-electron chi connectivity index (χ4n) is 3.56. The molecular formula is C20H23N5O4. The van der Waals surface area contributed by atoms with Crippen molar-refractivity contribution >= 4 is 17.1 Å². The van der Waals surface area contributed by atoms with Crippen LogP contribution in [0.2, 0.25) is 0 Å². The van der Waals surface area contributed by atoms with Crippen molar-refractivity contribution in [3.05, 3.63) is 63.1 Å². The normalized spacial score (nSPS) is 18.6. The van der Waals surface area contributed by atoms with Crippen LogP contribution in [0.5, 0.6) is 0 Å². The van der Waals surface area contributed by atoms with Crippen LogP contribution >= 0.6 is 0 Å². The summed E-state index contributed by atoms with van der Waals surface area (Å²) in [6.07, 6.45) is 3.00. The molecule has 1 fully saturated rings. The van der Waals surface area contributed by atoms with Gasteiger partial charge in [0.05, 0.1) is 19.0 Å². The van der Waals surface area contributed by atoms with Crippen LogP contribution < -0.4 is 16.6 Å². The van der Waals surface area contributed by atoms with Crippen LogP contribution in [-0.2, 0) is 36.8 Å². The molecule has 1 aliphatic rings. The van der Waals surface area contributed by atoms with Crippen LogP contribution in [0.25, 0.3) is 11.2 Å². The van der Waals surface area contributed by atoms with Gasteiger partial charge in [-0.3, -0.25) is 14.2 Å². The molecule has 152 valence electrons. The minimum atomic E-state index is -0.561. The number of ether oxygens (including phenoxy) is 1. The van der Waals surface area contributed by atoms with Gasteiger partial charge in [-0.2, -0.15) is 0 Å². The zero-order valence-electron chi connectivity index (χ0n) is 16.4. The summed E-state index contributed by atoms with van der Waals surface area (Å²) in [6, 6.07) is 9.91. The van der Waals surface area contributed by atoms with Gasteiger partial charge >= 0.3 is 5.69 Å². The molecule has 9 nitrogen and oxygen atoms in total. The number of carbonyl (C=O) groups is 1. The second-order valence-electron chi connectivity index (χ2n) is 7.42. The van der Waals surface area contributed by atoms with E-state index in [2.05, 4.69) is 10.3 Å². The van der Waals surface area contributed by atoms with Crippen LogP contribution in [0.15, 0.2) is 46.2 Å². The summed E-state index contributed by atoms with van der Waals surface area (Å²) < 4.78 is 9.60. The summed E-state index contributed by atoms with van der Waals surface area (Å²) in [5.74, 6) is -0.364. The molecule has 9 heteroatoms. The second-order valence-corrected chi connectivity index (χ2v) is 7.42. The molecule has 4 rings (SSSR count). The third-order valence-corrected chi connectivity index (χ3v) is 5.29. The SMILES string of the molecule is Cn1cnc2c1c(=O)n(CC(=O)NC1CC(OCc3ccccc3)C1)c(=O)n2C. The van der Waals surface area contributed by atoms with Crippen molar-refractivity contribution in [1.29, 1.82) is 0 Å². The summed E-state index contributed by atoms with van der Waals surface area (Å²) in [5, 5.41) is 2.87. The predicted octanol–water partition coefficient (Wildman–Crippen LogP) is 0.298. The van der Waals surface area contributed by atoms with Crippen LogP contribution in [-0.4, -0.2) is 36.7 Å². The predicted molar refractivity (Wildman–Crippen MR) is 106 cm³/mol. The minimum absolute atomic E-state index is 0.0109. The highest BCUT2D eigenvalue weighted by molar-refractivity contribution is 5.77. The van der Waals surface area contributed by atoms with E-state index in [9.17, 15) is 14.4 Å². The van der Waals surface area contributed by atoms with Crippen molar-refractivity contribution < 1.29 is 9.53 Å². The number of fused-ring (bicyclic) bond motifs is 1. The van der Waals surface area contributed by atoms with E-state index < -0.39 is 11.2 Å². The first-order valence-corrected chi connectivity index (χ1v) is 9.49. The van der Waals surface area contributed by atoms with Crippen molar-refractivity contribution in [3.8, 4) is 0 Å². The summed E-state index contributed by atoms with van der Waals surface area (Å²) in [6.45, 7) is 0.223. The number of nitrogens with zero attached hydrogens (tertiary/aromatic N) is 4. The molecule has 0 unspecified atom stereocenters. The smallest absolute Gasteiger partial charge is 0.332 e. The Morgan fingerprint density at radius 1 is 1.21 bits per heavy atom. The Bertz CT molecular complexity index is 1160. The van der Waals surface area contributed by atoms with E-state index in [-0.39, 0.29) is 30.1 Å². The fraction of sp³-hybridized carbons (Fsp3) is 0.400. The highest BCUT2D eigenvalue weighted by Gasteiger charge is 2.31. The Morgan fingerprint density at radius 3 is 2.66 bits per heavy atom. The van der Waals surface area contributed by atoms with Crippen molar-refractivity contribution in [2.45, 2.75) is 38.1 Å². The van der Waals surface area contributed by atoms with Crippen molar-refractivity contribution in [3.63, 3.8) is 0 Å². The number of aryl methyl sites for hydroxylation is 2.